The van der Waals surface area contributed by atoms with E-state index in [9.17, 15) is 0 Å². The van der Waals surface area contributed by atoms with Crippen molar-refractivity contribution in [1.29, 1.82) is 0 Å². The molecule has 0 N–H and O–H groups in total. The first-order chi connectivity index (χ1) is 8.08. The second-order valence-corrected chi connectivity index (χ2v) is 6.08. The van der Waals surface area contributed by atoms with Crippen LogP contribution in [0.2, 0.25) is 10.0 Å². The van der Waals surface area contributed by atoms with Crippen LogP contribution in [-0.2, 0) is 6.54 Å². The lowest BCUT2D eigenvalue weighted by molar-refractivity contribution is 0.189. The normalized spacial score (nSPS) is 26.1. The van der Waals surface area contributed by atoms with Crippen LogP contribution in [0.15, 0.2) is 18.2 Å². The third kappa shape index (κ3) is 3.29. The fraction of sp³-hybridized carbons (Fsp3) is 0.538. The van der Waals surface area contributed by atoms with Crippen LogP contribution in [0.4, 0.5) is 0 Å². The van der Waals surface area contributed by atoms with Crippen molar-refractivity contribution in [2.75, 3.05) is 13.1 Å². The van der Waals surface area contributed by atoms with Gasteiger partial charge in [0.2, 0.25) is 0 Å². The molecule has 1 fully saturated rings. The van der Waals surface area contributed by atoms with Crippen molar-refractivity contribution in [1.82, 2.24) is 4.90 Å². The van der Waals surface area contributed by atoms with E-state index in [2.05, 4.69) is 11.8 Å². The zero-order valence-corrected chi connectivity index (χ0v) is 12.1. The summed E-state index contributed by atoms with van der Waals surface area (Å²) in [5.74, 6) is 0.600. The molecule has 0 aliphatic carbocycles. The molecule has 0 saturated carbocycles. The Morgan fingerprint density at radius 2 is 2.12 bits per heavy atom. The van der Waals surface area contributed by atoms with Crippen molar-refractivity contribution in [3.05, 3.63) is 33.8 Å². The van der Waals surface area contributed by atoms with Gasteiger partial charge in [0, 0.05) is 18.5 Å². The van der Waals surface area contributed by atoms with Crippen LogP contribution in [0.1, 0.15) is 18.9 Å². The molecule has 17 heavy (non-hydrogen) atoms. The van der Waals surface area contributed by atoms with Gasteiger partial charge in [-0.2, -0.15) is 0 Å². The Morgan fingerprint density at radius 3 is 2.82 bits per heavy atom. The molecule has 2 atom stereocenters. The van der Waals surface area contributed by atoms with Crippen LogP contribution in [-0.4, -0.2) is 23.4 Å². The Labute approximate surface area is 118 Å². The summed E-state index contributed by atoms with van der Waals surface area (Å²) in [6, 6.07) is 5.78. The van der Waals surface area contributed by atoms with E-state index in [0.29, 0.717) is 16.0 Å². The van der Waals surface area contributed by atoms with Crippen LogP contribution >= 0.6 is 34.8 Å². The Balaban J connectivity index is 2.04. The highest BCUT2D eigenvalue weighted by Gasteiger charge is 2.24. The van der Waals surface area contributed by atoms with Crippen molar-refractivity contribution < 1.29 is 0 Å². The first-order valence-corrected chi connectivity index (χ1v) is 7.06. The van der Waals surface area contributed by atoms with Gasteiger partial charge in [-0.05, 0) is 30.5 Å². The average Bonchev–Trinajstić information content (AvgIpc) is 2.30. The summed E-state index contributed by atoms with van der Waals surface area (Å²) in [5, 5.41) is 1.53. The molecule has 2 rings (SSSR count). The molecule has 94 valence electrons. The van der Waals surface area contributed by atoms with Crippen molar-refractivity contribution in [3.8, 4) is 0 Å². The standard InChI is InChI=1S/C13H16Cl3N/c1-9-5-6-17(8-12(9)15)7-10-3-2-4-11(14)13(10)16/h2-4,9,12H,5-8H2,1H3/t9-,12+/m1/s1. The van der Waals surface area contributed by atoms with Gasteiger partial charge in [-0.1, -0.05) is 42.3 Å². The van der Waals surface area contributed by atoms with E-state index in [1.54, 1.807) is 0 Å². The zero-order chi connectivity index (χ0) is 12.4. The summed E-state index contributed by atoms with van der Waals surface area (Å²) >= 11 is 18.5. The summed E-state index contributed by atoms with van der Waals surface area (Å²) in [6.45, 7) is 5.04. The number of nitrogens with zero attached hydrogens (tertiary/aromatic N) is 1. The second-order valence-electron chi connectivity index (χ2n) is 4.73. The van der Waals surface area contributed by atoms with Gasteiger partial charge in [0.1, 0.15) is 0 Å². The summed E-state index contributed by atoms with van der Waals surface area (Å²) in [5.41, 5.74) is 1.08. The van der Waals surface area contributed by atoms with Gasteiger partial charge in [-0.15, -0.1) is 11.6 Å². The highest BCUT2D eigenvalue weighted by molar-refractivity contribution is 6.42. The van der Waals surface area contributed by atoms with E-state index in [0.717, 1.165) is 31.6 Å². The molecule has 0 aromatic heterocycles. The number of alkyl halides is 1. The fourth-order valence-electron chi connectivity index (χ4n) is 2.14. The summed E-state index contributed by atoms with van der Waals surface area (Å²) in [4.78, 5) is 2.34. The molecular formula is C13H16Cl3N. The largest absolute Gasteiger partial charge is 0.298 e. The summed E-state index contributed by atoms with van der Waals surface area (Å²) < 4.78 is 0. The monoisotopic (exact) mass is 291 g/mol. The van der Waals surface area contributed by atoms with Crippen molar-refractivity contribution in [2.45, 2.75) is 25.3 Å². The fourth-order valence-corrected chi connectivity index (χ4v) is 2.84. The smallest absolute Gasteiger partial charge is 0.0637 e. The Kier molecular flexibility index (Phi) is 4.59. The number of likely N-dealkylation sites (tertiary alicyclic amines) is 1. The predicted molar refractivity (Wildman–Crippen MR) is 75.2 cm³/mol. The van der Waals surface area contributed by atoms with Gasteiger partial charge >= 0.3 is 0 Å². The lowest BCUT2D eigenvalue weighted by Gasteiger charge is -2.34. The Hall–Kier alpha value is 0.0500. The molecule has 1 heterocycles. The van der Waals surface area contributed by atoms with Crippen LogP contribution in [0.25, 0.3) is 0 Å². The van der Waals surface area contributed by atoms with Gasteiger partial charge in [0.25, 0.3) is 0 Å². The van der Waals surface area contributed by atoms with Gasteiger partial charge in [0.05, 0.1) is 10.0 Å². The van der Waals surface area contributed by atoms with Crippen molar-refractivity contribution in [3.63, 3.8) is 0 Å². The lowest BCUT2D eigenvalue weighted by Crippen LogP contribution is -2.39. The summed E-state index contributed by atoms with van der Waals surface area (Å²) in [7, 11) is 0. The Bertz CT molecular complexity index is 394. The lowest BCUT2D eigenvalue weighted by atomic mass is 9.98. The molecule has 0 unspecified atom stereocenters. The molecule has 0 bridgehead atoms. The maximum absolute atomic E-state index is 6.30. The average molecular weight is 293 g/mol. The van der Waals surface area contributed by atoms with Crippen LogP contribution in [0.3, 0.4) is 0 Å². The molecular weight excluding hydrogens is 277 g/mol. The van der Waals surface area contributed by atoms with Gasteiger partial charge < -0.3 is 0 Å². The summed E-state index contributed by atoms with van der Waals surface area (Å²) in [6.07, 6.45) is 1.15. The minimum absolute atomic E-state index is 0.238. The van der Waals surface area contributed by atoms with E-state index in [-0.39, 0.29) is 5.38 Å². The molecule has 1 nitrogen and oxygen atoms in total. The quantitative estimate of drug-likeness (QED) is 0.728. The Morgan fingerprint density at radius 1 is 1.35 bits per heavy atom. The molecule has 4 heteroatoms. The van der Waals surface area contributed by atoms with E-state index in [1.807, 2.05) is 18.2 Å². The van der Waals surface area contributed by atoms with E-state index >= 15 is 0 Å². The third-order valence-corrected chi connectivity index (χ3v) is 4.80. The maximum Gasteiger partial charge on any atom is 0.0637 e. The third-order valence-electron chi connectivity index (χ3n) is 3.38. The molecule has 1 aromatic carbocycles. The van der Waals surface area contributed by atoms with Crippen molar-refractivity contribution in [2.24, 2.45) is 5.92 Å². The van der Waals surface area contributed by atoms with E-state index < -0.39 is 0 Å². The highest BCUT2D eigenvalue weighted by Crippen LogP contribution is 2.28. The maximum atomic E-state index is 6.30. The van der Waals surface area contributed by atoms with Crippen LogP contribution in [0.5, 0.6) is 0 Å². The van der Waals surface area contributed by atoms with Crippen molar-refractivity contribution >= 4 is 34.8 Å². The minimum Gasteiger partial charge on any atom is -0.298 e. The van der Waals surface area contributed by atoms with Gasteiger partial charge in [-0.25, -0.2) is 0 Å². The van der Waals surface area contributed by atoms with Crippen LogP contribution in [0, 0.1) is 5.92 Å². The first-order valence-electron chi connectivity index (χ1n) is 5.87. The number of hydrogen-bond donors (Lipinski definition) is 0. The SMILES string of the molecule is C[C@@H]1CCN(Cc2cccc(Cl)c2Cl)C[C@@H]1Cl. The van der Waals surface area contributed by atoms with Gasteiger partial charge in [0.15, 0.2) is 0 Å². The number of hydrogen-bond acceptors (Lipinski definition) is 1. The van der Waals surface area contributed by atoms with E-state index in [1.165, 1.54) is 0 Å². The second kappa shape index (κ2) is 5.79. The van der Waals surface area contributed by atoms with E-state index in [4.69, 9.17) is 34.8 Å². The number of rotatable bonds is 2. The molecule has 1 aromatic rings. The first kappa shape index (κ1) is 13.5. The molecule has 1 aliphatic rings. The predicted octanol–water partition coefficient (Wildman–Crippen LogP) is 4.44. The molecule has 0 amide bonds. The number of piperidine rings is 1. The number of benzene rings is 1. The molecule has 1 aliphatic heterocycles. The minimum atomic E-state index is 0.238. The topological polar surface area (TPSA) is 3.24 Å². The molecule has 0 radical (unpaired) electrons. The van der Waals surface area contributed by atoms with Crippen LogP contribution < -0.4 is 0 Å². The molecule has 0 spiro atoms. The van der Waals surface area contributed by atoms with Gasteiger partial charge in [-0.3, -0.25) is 4.90 Å². The highest BCUT2D eigenvalue weighted by atomic mass is 35.5. The number of halogens is 3. The zero-order valence-electron chi connectivity index (χ0n) is 9.80. The molecule has 1 saturated heterocycles.